The Morgan fingerprint density at radius 3 is 2.55 bits per heavy atom. The zero-order valence-corrected chi connectivity index (χ0v) is 14.4. The van der Waals surface area contributed by atoms with Crippen LogP contribution >= 0.6 is 0 Å². The monoisotopic (exact) mass is 301 g/mol. The summed E-state index contributed by atoms with van der Waals surface area (Å²) in [6.45, 7) is 9.33. The van der Waals surface area contributed by atoms with Crippen molar-refractivity contribution in [2.45, 2.75) is 64.8 Å². The lowest BCUT2D eigenvalue weighted by molar-refractivity contribution is 0.148. The van der Waals surface area contributed by atoms with Crippen molar-refractivity contribution in [3.05, 3.63) is 23.4 Å². The minimum absolute atomic E-state index is 0.594. The van der Waals surface area contributed by atoms with Gasteiger partial charge < -0.3 is 4.90 Å². The molecule has 1 aromatic heterocycles. The van der Waals surface area contributed by atoms with Crippen LogP contribution in [0.15, 0.2) is 12.1 Å². The fraction of sp³-hybridized carbons (Fsp3) is 0.737. The third-order valence-corrected chi connectivity index (χ3v) is 5.28. The highest BCUT2D eigenvalue weighted by atomic mass is 15.2. The lowest BCUT2D eigenvalue weighted by Gasteiger charge is -2.36. The number of hydrogen-bond donors (Lipinski definition) is 0. The van der Waals surface area contributed by atoms with E-state index >= 15 is 0 Å². The van der Waals surface area contributed by atoms with E-state index in [0.717, 1.165) is 0 Å². The molecule has 0 amide bonds. The summed E-state index contributed by atoms with van der Waals surface area (Å²) in [4.78, 5) is 10.1. The van der Waals surface area contributed by atoms with Crippen molar-refractivity contribution in [3.63, 3.8) is 0 Å². The molecule has 0 N–H and O–H groups in total. The highest BCUT2D eigenvalue weighted by Gasteiger charge is 2.25. The topological polar surface area (TPSA) is 19.4 Å². The van der Waals surface area contributed by atoms with Gasteiger partial charge in [0.1, 0.15) is 5.82 Å². The maximum atomic E-state index is 4.97. The van der Waals surface area contributed by atoms with Crippen LogP contribution in [0.2, 0.25) is 0 Å². The minimum atomic E-state index is 0.594. The Labute approximate surface area is 135 Å². The lowest BCUT2D eigenvalue weighted by Crippen LogP contribution is -2.35. The first-order chi connectivity index (χ1) is 10.8. The third-order valence-electron chi connectivity index (χ3n) is 5.28. The lowest BCUT2D eigenvalue weighted by atomic mass is 9.94. The van der Waals surface area contributed by atoms with Gasteiger partial charge in [0.2, 0.25) is 0 Å². The van der Waals surface area contributed by atoms with Crippen molar-refractivity contribution < 1.29 is 0 Å². The van der Waals surface area contributed by atoms with Gasteiger partial charge in [0, 0.05) is 24.8 Å². The molecule has 1 atom stereocenters. The number of aromatic nitrogens is 1. The third kappa shape index (κ3) is 3.45. The maximum Gasteiger partial charge on any atom is 0.128 e. The van der Waals surface area contributed by atoms with E-state index < -0.39 is 0 Å². The summed E-state index contributed by atoms with van der Waals surface area (Å²) >= 11 is 0. The molecule has 1 aromatic rings. The van der Waals surface area contributed by atoms with Crippen LogP contribution in [0.5, 0.6) is 0 Å². The number of likely N-dealkylation sites (tertiary alicyclic amines) is 1. The van der Waals surface area contributed by atoms with Gasteiger partial charge in [-0.25, -0.2) is 4.98 Å². The molecule has 2 saturated heterocycles. The van der Waals surface area contributed by atoms with Crippen molar-refractivity contribution >= 4 is 5.82 Å². The number of pyridine rings is 1. The molecule has 1 unspecified atom stereocenters. The van der Waals surface area contributed by atoms with E-state index in [-0.39, 0.29) is 0 Å². The van der Waals surface area contributed by atoms with Crippen LogP contribution in [0.4, 0.5) is 5.82 Å². The van der Waals surface area contributed by atoms with Crippen molar-refractivity contribution in [1.82, 2.24) is 9.88 Å². The number of anilines is 1. The van der Waals surface area contributed by atoms with E-state index in [9.17, 15) is 0 Å². The molecular weight excluding hydrogens is 270 g/mol. The van der Waals surface area contributed by atoms with Gasteiger partial charge in [0.15, 0.2) is 0 Å². The molecule has 3 heterocycles. The first kappa shape index (κ1) is 15.8. The average molecular weight is 301 g/mol. The summed E-state index contributed by atoms with van der Waals surface area (Å²) in [6, 6.07) is 5.23. The van der Waals surface area contributed by atoms with E-state index in [1.54, 1.807) is 0 Å². The Balaban J connectivity index is 1.78. The van der Waals surface area contributed by atoms with Crippen LogP contribution in [0, 0.1) is 6.92 Å². The summed E-state index contributed by atoms with van der Waals surface area (Å²) in [5.74, 6) is 1.19. The Morgan fingerprint density at radius 1 is 1.05 bits per heavy atom. The van der Waals surface area contributed by atoms with Crippen molar-refractivity contribution in [3.8, 4) is 0 Å². The summed E-state index contributed by atoms with van der Waals surface area (Å²) in [5, 5.41) is 0. The molecule has 0 radical (unpaired) electrons. The molecule has 3 nitrogen and oxygen atoms in total. The number of hydrogen-bond acceptors (Lipinski definition) is 3. The van der Waals surface area contributed by atoms with Crippen LogP contribution in [-0.4, -0.2) is 36.1 Å². The van der Waals surface area contributed by atoms with Crippen molar-refractivity contribution in [1.29, 1.82) is 0 Å². The van der Waals surface area contributed by atoms with Gasteiger partial charge in [0.05, 0.1) is 0 Å². The first-order valence-corrected chi connectivity index (χ1v) is 9.26. The first-order valence-electron chi connectivity index (χ1n) is 9.26. The van der Waals surface area contributed by atoms with E-state index in [1.165, 1.54) is 88.2 Å². The average Bonchev–Trinajstić information content (AvgIpc) is 2.57. The van der Waals surface area contributed by atoms with E-state index in [4.69, 9.17) is 4.98 Å². The van der Waals surface area contributed by atoms with Gasteiger partial charge in [-0.3, -0.25) is 4.90 Å². The minimum Gasteiger partial charge on any atom is -0.357 e. The van der Waals surface area contributed by atoms with Crippen molar-refractivity contribution in [2.24, 2.45) is 0 Å². The summed E-state index contributed by atoms with van der Waals surface area (Å²) in [6.07, 6.45) is 9.26. The van der Waals surface area contributed by atoms with Gasteiger partial charge >= 0.3 is 0 Å². The highest BCUT2D eigenvalue weighted by Crippen LogP contribution is 2.33. The number of rotatable bonds is 4. The van der Waals surface area contributed by atoms with E-state index in [1.807, 2.05) is 0 Å². The van der Waals surface area contributed by atoms with Crippen LogP contribution in [0.1, 0.15) is 69.2 Å². The van der Waals surface area contributed by atoms with Crippen LogP contribution in [0.3, 0.4) is 0 Å². The molecule has 0 saturated carbocycles. The standard InChI is InChI=1S/C19H31N3/c1-3-12-21-13-8-5-9-18(21)17-10-11-19(20-16(17)2)22-14-6-4-7-15-22/h10-11,18H,3-9,12-15H2,1-2H3. The Morgan fingerprint density at radius 2 is 1.82 bits per heavy atom. The molecule has 0 spiro atoms. The molecule has 3 rings (SSSR count). The molecule has 3 heteroatoms. The van der Waals surface area contributed by atoms with Crippen molar-refractivity contribution in [2.75, 3.05) is 31.1 Å². The summed E-state index contributed by atoms with van der Waals surface area (Å²) < 4.78 is 0. The smallest absolute Gasteiger partial charge is 0.128 e. The normalized spacial score (nSPS) is 23.7. The van der Waals surface area contributed by atoms with Crippen LogP contribution in [-0.2, 0) is 0 Å². The maximum absolute atomic E-state index is 4.97. The molecule has 0 aliphatic carbocycles. The van der Waals surface area contributed by atoms with Crippen LogP contribution < -0.4 is 4.90 Å². The zero-order valence-electron chi connectivity index (χ0n) is 14.4. The fourth-order valence-corrected chi connectivity index (χ4v) is 4.11. The van der Waals surface area contributed by atoms with Gasteiger partial charge in [-0.05, 0) is 70.2 Å². The molecule has 0 aromatic carbocycles. The predicted octanol–water partition coefficient (Wildman–Crippen LogP) is 4.32. The summed E-state index contributed by atoms with van der Waals surface area (Å²) in [7, 11) is 0. The molecule has 2 aliphatic rings. The molecule has 2 aliphatic heterocycles. The Bertz CT molecular complexity index is 478. The van der Waals surface area contributed by atoms with Gasteiger partial charge in [-0.2, -0.15) is 0 Å². The summed E-state index contributed by atoms with van der Waals surface area (Å²) in [5.41, 5.74) is 2.71. The van der Waals surface area contributed by atoms with Gasteiger partial charge in [0.25, 0.3) is 0 Å². The van der Waals surface area contributed by atoms with Crippen LogP contribution in [0.25, 0.3) is 0 Å². The fourth-order valence-electron chi connectivity index (χ4n) is 4.11. The van der Waals surface area contributed by atoms with Gasteiger partial charge in [-0.15, -0.1) is 0 Å². The zero-order chi connectivity index (χ0) is 15.4. The van der Waals surface area contributed by atoms with E-state index in [2.05, 4.69) is 35.8 Å². The second-order valence-corrected chi connectivity index (χ2v) is 6.94. The Hall–Kier alpha value is -1.09. The number of aryl methyl sites for hydroxylation is 1. The SMILES string of the molecule is CCCN1CCCCC1c1ccc(N2CCCCC2)nc1C. The van der Waals surface area contributed by atoms with E-state index in [0.29, 0.717) is 6.04 Å². The Kier molecular flexibility index (Phi) is 5.35. The number of nitrogens with zero attached hydrogens (tertiary/aromatic N) is 3. The molecule has 0 bridgehead atoms. The predicted molar refractivity (Wildman–Crippen MR) is 93.5 cm³/mol. The quantitative estimate of drug-likeness (QED) is 0.825. The second-order valence-electron chi connectivity index (χ2n) is 6.94. The number of piperidine rings is 2. The molecule has 2 fully saturated rings. The largest absolute Gasteiger partial charge is 0.357 e. The second kappa shape index (κ2) is 7.45. The molecule has 22 heavy (non-hydrogen) atoms. The van der Waals surface area contributed by atoms with Gasteiger partial charge in [-0.1, -0.05) is 19.4 Å². The molecule has 122 valence electrons. The highest BCUT2D eigenvalue weighted by molar-refractivity contribution is 5.42. The molecular formula is C19H31N3.